The van der Waals surface area contributed by atoms with Gasteiger partial charge in [0.1, 0.15) is 0 Å². The monoisotopic (exact) mass is 300 g/mol. The molecule has 1 rings (SSSR count). The summed E-state index contributed by atoms with van der Waals surface area (Å²) >= 11 is 0. The van der Waals surface area contributed by atoms with Gasteiger partial charge in [0.15, 0.2) is 0 Å². The van der Waals surface area contributed by atoms with Gasteiger partial charge < -0.3 is 5.73 Å². The maximum absolute atomic E-state index is 6.94. The Bertz CT molecular complexity index is 269. The van der Waals surface area contributed by atoms with Crippen LogP contribution in [0, 0.1) is 12.0 Å². The minimum absolute atomic E-state index is 0. The van der Waals surface area contributed by atoms with Crippen LogP contribution < -0.4 is 0 Å². The molecule has 0 aromatic heterocycles. The molecule has 0 aromatic rings. The van der Waals surface area contributed by atoms with Crippen LogP contribution in [0.25, 0.3) is 5.73 Å². The molecule has 0 bridgehead atoms. The molecule has 0 spiro atoms. The topological polar surface area (TPSA) is 23.8 Å². The summed E-state index contributed by atoms with van der Waals surface area (Å²) in [6.45, 7) is 18.6. The molecule has 103 valence electrons. The fourth-order valence-corrected chi connectivity index (χ4v) is 1.16. The van der Waals surface area contributed by atoms with Gasteiger partial charge in [0.05, 0.1) is 0 Å². The molecule has 0 fully saturated rings. The van der Waals surface area contributed by atoms with E-state index in [1.807, 2.05) is 20.8 Å². The second kappa shape index (κ2) is 11.2. The maximum Gasteiger partial charge on any atom is 2.00 e. The fraction of sp³-hybridized carbons (Fsp3) is 0.733. The van der Waals surface area contributed by atoms with E-state index < -0.39 is 0 Å². The van der Waals surface area contributed by atoms with Crippen LogP contribution in [0.5, 0.6) is 0 Å². The summed E-state index contributed by atoms with van der Waals surface area (Å²) < 4.78 is 0. The summed E-state index contributed by atoms with van der Waals surface area (Å²) in [4.78, 5) is 0. The zero-order valence-corrected chi connectivity index (χ0v) is 16.4. The van der Waals surface area contributed by atoms with Crippen molar-refractivity contribution in [3.63, 3.8) is 0 Å². The zero-order chi connectivity index (χ0) is 14.2. The van der Waals surface area contributed by atoms with Crippen LogP contribution in [0.1, 0.15) is 48.5 Å². The quantitative estimate of drug-likeness (QED) is 0.440. The van der Waals surface area contributed by atoms with E-state index in [2.05, 4.69) is 46.9 Å². The first-order valence-electron chi connectivity index (χ1n) is 6.31. The van der Waals surface area contributed by atoms with Crippen molar-refractivity contribution in [1.29, 1.82) is 0 Å². The first-order chi connectivity index (χ1) is 7.54. The second-order valence-electron chi connectivity index (χ2n) is 5.63. The number of hydrogen-bond donors (Lipinski definition) is 0. The summed E-state index contributed by atoms with van der Waals surface area (Å²) in [6.07, 6.45) is 3.36. The summed E-state index contributed by atoms with van der Waals surface area (Å²) in [6, 6.07) is 0. The Morgan fingerprint density at radius 2 is 1.39 bits per heavy atom. The molecular weight excluding hydrogens is 270 g/mol. The second-order valence-corrected chi connectivity index (χ2v) is 6.78. The van der Waals surface area contributed by atoms with Crippen molar-refractivity contribution in [3.8, 4) is 0 Å². The van der Waals surface area contributed by atoms with Crippen molar-refractivity contribution in [3.05, 3.63) is 28.5 Å². The molecule has 1 atom stereocenters. The van der Waals surface area contributed by atoms with Gasteiger partial charge in [-0.05, 0) is 0 Å². The maximum atomic E-state index is 6.94. The predicted octanol–water partition coefficient (Wildman–Crippen LogP) is 5.08. The Kier molecular flexibility index (Phi) is 14.6. The molecule has 0 heterocycles. The van der Waals surface area contributed by atoms with E-state index >= 15 is 0 Å². The molecule has 0 aromatic carbocycles. The molecule has 0 aliphatic heterocycles. The van der Waals surface area contributed by atoms with Crippen LogP contribution in [0.3, 0.4) is 0 Å². The van der Waals surface area contributed by atoms with Crippen LogP contribution in [0.2, 0.25) is 13.1 Å². The molecule has 1 nitrogen and oxygen atoms in total. The Morgan fingerprint density at radius 3 is 1.44 bits per heavy atom. The Hall–Kier alpha value is 0.371. The summed E-state index contributed by atoms with van der Waals surface area (Å²) in [7, 11) is 0.750. The van der Waals surface area contributed by atoms with Crippen LogP contribution in [0.4, 0.5) is 0 Å². The van der Waals surface area contributed by atoms with Gasteiger partial charge in [-0.3, -0.25) is 6.08 Å². The standard InChI is InChI=1S/C9H13.C4H10N.C2H7Si.Ti/c1-6-5-7(2)9(4)8(6)3;1-4(2,3)5;1-3-2;/h6H,1-4H3;5H,1-3H3;3H,1-2H3;/q2*-1;;+2. The Labute approximate surface area is 132 Å². The van der Waals surface area contributed by atoms with Crippen molar-refractivity contribution < 1.29 is 21.7 Å². The number of rotatable bonds is 0. The van der Waals surface area contributed by atoms with Gasteiger partial charge in [-0.2, -0.15) is 11.1 Å². The van der Waals surface area contributed by atoms with Crippen molar-refractivity contribution in [2.24, 2.45) is 5.92 Å². The van der Waals surface area contributed by atoms with E-state index in [4.69, 9.17) is 5.73 Å². The number of allylic oxidation sites excluding steroid dienone is 4. The Balaban J connectivity index is -0.000000216. The summed E-state index contributed by atoms with van der Waals surface area (Å²) in [5.41, 5.74) is 10.9. The van der Waals surface area contributed by atoms with Crippen LogP contribution in [-0.2, 0) is 21.7 Å². The fourth-order valence-electron chi connectivity index (χ4n) is 1.16. The largest absolute Gasteiger partial charge is 2.00 e. The molecule has 1 radical (unpaired) electrons. The molecule has 1 unspecified atom stereocenters. The molecular formula is C15H30NSiTi. The zero-order valence-electron chi connectivity index (χ0n) is 13.7. The van der Waals surface area contributed by atoms with E-state index in [0.717, 1.165) is 9.52 Å². The van der Waals surface area contributed by atoms with Gasteiger partial charge in [0.2, 0.25) is 0 Å². The first kappa shape index (κ1) is 23.5. The van der Waals surface area contributed by atoms with Crippen LogP contribution in [0.15, 0.2) is 16.7 Å². The van der Waals surface area contributed by atoms with Crippen molar-refractivity contribution in [2.75, 3.05) is 0 Å². The molecule has 0 saturated carbocycles. The van der Waals surface area contributed by atoms with Gasteiger partial charge in [-0.1, -0.05) is 60.6 Å². The van der Waals surface area contributed by atoms with Gasteiger partial charge in [-0.25, -0.2) is 5.57 Å². The minimum atomic E-state index is -0.250. The smallest absolute Gasteiger partial charge is 0.673 e. The molecule has 0 saturated heterocycles. The van der Waals surface area contributed by atoms with Crippen molar-refractivity contribution in [2.45, 2.75) is 67.1 Å². The van der Waals surface area contributed by atoms with E-state index in [0.29, 0.717) is 5.92 Å². The van der Waals surface area contributed by atoms with E-state index in [1.165, 1.54) is 16.7 Å². The number of hydrogen-bond acceptors (Lipinski definition) is 0. The average Bonchev–Trinajstić information content (AvgIpc) is 2.32. The minimum Gasteiger partial charge on any atom is -0.673 e. The molecule has 18 heavy (non-hydrogen) atoms. The van der Waals surface area contributed by atoms with Crippen LogP contribution in [-0.4, -0.2) is 15.1 Å². The summed E-state index contributed by atoms with van der Waals surface area (Å²) in [5, 5.41) is 0. The van der Waals surface area contributed by atoms with E-state index in [9.17, 15) is 0 Å². The third-order valence-electron chi connectivity index (χ3n) is 2.24. The van der Waals surface area contributed by atoms with Gasteiger partial charge >= 0.3 is 21.7 Å². The van der Waals surface area contributed by atoms with E-state index in [1.54, 1.807) is 0 Å². The average molecular weight is 300 g/mol. The van der Waals surface area contributed by atoms with Crippen molar-refractivity contribution in [1.82, 2.24) is 0 Å². The molecule has 1 aliphatic carbocycles. The van der Waals surface area contributed by atoms with Gasteiger partial charge in [0, 0.05) is 9.52 Å². The molecule has 1 aliphatic rings. The first-order valence-corrected chi connectivity index (χ1v) is 8.62. The molecule has 0 amide bonds. The van der Waals surface area contributed by atoms with Crippen LogP contribution >= 0.6 is 0 Å². The van der Waals surface area contributed by atoms with E-state index in [-0.39, 0.29) is 27.3 Å². The van der Waals surface area contributed by atoms with Gasteiger partial charge in [-0.15, -0.1) is 12.5 Å². The molecule has 1 N–H and O–H groups in total. The third-order valence-corrected chi connectivity index (χ3v) is 2.24. The SMILES string of the molecule is CC(C)(C)[NH-].CC1=[C-]C(C)C(C)=C1C.C[SiH]C.[Ti+2]. The normalized spacial score (nSPS) is 17.9. The van der Waals surface area contributed by atoms with Crippen molar-refractivity contribution >= 4 is 9.52 Å². The Morgan fingerprint density at radius 1 is 1.11 bits per heavy atom. The third kappa shape index (κ3) is 14.4. The predicted molar refractivity (Wildman–Crippen MR) is 82.9 cm³/mol. The molecule has 3 heteroatoms. The summed E-state index contributed by atoms with van der Waals surface area (Å²) in [5.74, 6) is 0.560. The van der Waals surface area contributed by atoms with Gasteiger partial charge in [0.25, 0.3) is 0 Å². The number of nitrogens with one attached hydrogen (secondary N) is 1.